The van der Waals surface area contributed by atoms with Gasteiger partial charge in [0.25, 0.3) is 0 Å². The Kier molecular flexibility index (Phi) is 4.66. The van der Waals surface area contributed by atoms with Crippen molar-refractivity contribution in [3.05, 3.63) is 29.6 Å². The predicted molar refractivity (Wildman–Crippen MR) is 67.1 cm³/mol. The SMILES string of the molecule is O=S(=O)(NCC1CCCNC1)c1ccc(F)c(F)c1F. The lowest BCUT2D eigenvalue weighted by Gasteiger charge is -2.22. The lowest BCUT2D eigenvalue weighted by Crippen LogP contribution is -2.38. The van der Waals surface area contributed by atoms with Crippen LogP contribution in [0.15, 0.2) is 17.0 Å². The normalized spacial score (nSPS) is 20.1. The maximum Gasteiger partial charge on any atom is 0.243 e. The van der Waals surface area contributed by atoms with E-state index in [-0.39, 0.29) is 12.5 Å². The summed E-state index contributed by atoms with van der Waals surface area (Å²) in [5.74, 6) is -4.80. The zero-order valence-corrected chi connectivity index (χ0v) is 11.4. The molecular formula is C12H15F3N2O2S. The van der Waals surface area contributed by atoms with E-state index in [4.69, 9.17) is 0 Å². The monoisotopic (exact) mass is 308 g/mol. The first kappa shape index (κ1) is 15.3. The molecule has 1 aliphatic rings. The van der Waals surface area contributed by atoms with Crippen LogP contribution in [0.4, 0.5) is 13.2 Å². The van der Waals surface area contributed by atoms with Crippen LogP contribution >= 0.6 is 0 Å². The van der Waals surface area contributed by atoms with Crippen LogP contribution in [-0.2, 0) is 10.0 Å². The van der Waals surface area contributed by atoms with Crippen molar-refractivity contribution in [3.63, 3.8) is 0 Å². The van der Waals surface area contributed by atoms with E-state index >= 15 is 0 Å². The first-order chi connectivity index (χ1) is 9.42. The van der Waals surface area contributed by atoms with Crippen molar-refractivity contribution in [2.75, 3.05) is 19.6 Å². The first-order valence-corrected chi connectivity index (χ1v) is 7.74. The molecule has 0 bridgehead atoms. The summed E-state index contributed by atoms with van der Waals surface area (Å²) in [5, 5.41) is 3.12. The Morgan fingerprint density at radius 3 is 2.65 bits per heavy atom. The van der Waals surface area contributed by atoms with Crippen LogP contribution in [-0.4, -0.2) is 28.1 Å². The van der Waals surface area contributed by atoms with Gasteiger partial charge in [-0.15, -0.1) is 0 Å². The molecule has 1 aromatic rings. The second-order valence-electron chi connectivity index (χ2n) is 4.74. The fourth-order valence-electron chi connectivity index (χ4n) is 2.12. The van der Waals surface area contributed by atoms with Crippen molar-refractivity contribution < 1.29 is 21.6 Å². The second kappa shape index (κ2) is 6.11. The van der Waals surface area contributed by atoms with Gasteiger partial charge in [0.1, 0.15) is 4.90 Å². The lowest BCUT2D eigenvalue weighted by molar-refractivity contribution is 0.375. The van der Waals surface area contributed by atoms with Gasteiger partial charge in [-0.1, -0.05) is 0 Å². The Morgan fingerprint density at radius 1 is 1.25 bits per heavy atom. The van der Waals surface area contributed by atoms with Crippen LogP contribution in [0.1, 0.15) is 12.8 Å². The second-order valence-corrected chi connectivity index (χ2v) is 6.47. The molecule has 0 saturated carbocycles. The van der Waals surface area contributed by atoms with Crippen LogP contribution in [0, 0.1) is 23.4 Å². The smallest absolute Gasteiger partial charge is 0.243 e. The topological polar surface area (TPSA) is 58.2 Å². The molecule has 1 atom stereocenters. The van der Waals surface area contributed by atoms with Crippen molar-refractivity contribution >= 4 is 10.0 Å². The van der Waals surface area contributed by atoms with Gasteiger partial charge in [0.15, 0.2) is 17.5 Å². The van der Waals surface area contributed by atoms with Crippen LogP contribution in [0.3, 0.4) is 0 Å². The van der Waals surface area contributed by atoms with Crippen molar-refractivity contribution in [2.24, 2.45) is 5.92 Å². The highest BCUT2D eigenvalue weighted by Gasteiger charge is 2.25. The van der Waals surface area contributed by atoms with E-state index in [1.807, 2.05) is 0 Å². The Hall–Kier alpha value is -1.12. The van der Waals surface area contributed by atoms with Crippen molar-refractivity contribution in [1.29, 1.82) is 0 Å². The molecule has 20 heavy (non-hydrogen) atoms. The average Bonchev–Trinajstić information content (AvgIpc) is 2.44. The molecule has 1 aliphatic heterocycles. The highest BCUT2D eigenvalue weighted by molar-refractivity contribution is 7.89. The highest BCUT2D eigenvalue weighted by atomic mass is 32.2. The maximum absolute atomic E-state index is 13.5. The summed E-state index contributed by atoms with van der Waals surface area (Å²) in [6.07, 6.45) is 1.79. The molecule has 0 radical (unpaired) electrons. The van der Waals surface area contributed by atoms with E-state index < -0.39 is 32.4 Å². The minimum Gasteiger partial charge on any atom is -0.316 e. The van der Waals surface area contributed by atoms with Gasteiger partial charge >= 0.3 is 0 Å². The molecule has 1 unspecified atom stereocenters. The van der Waals surface area contributed by atoms with Gasteiger partial charge in [-0.3, -0.25) is 0 Å². The molecule has 1 heterocycles. The zero-order valence-electron chi connectivity index (χ0n) is 10.6. The van der Waals surface area contributed by atoms with Gasteiger partial charge in [0.2, 0.25) is 10.0 Å². The summed E-state index contributed by atoms with van der Waals surface area (Å²) in [6.45, 7) is 1.69. The van der Waals surface area contributed by atoms with Gasteiger partial charge in [0, 0.05) is 6.54 Å². The summed E-state index contributed by atoms with van der Waals surface area (Å²) in [6, 6.07) is 1.31. The number of rotatable bonds is 4. The number of halogens is 3. The van der Waals surface area contributed by atoms with Crippen molar-refractivity contribution in [3.8, 4) is 0 Å². The molecule has 0 amide bonds. The molecule has 0 aliphatic carbocycles. The minimum atomic E-state index is -4.19. The summed E-state index contributed by atoms with van der Waals surface area (Å²) in [4.78, 5) is -0.875. The molecule has 2 N–H and O–H groups in total. The van der Waals surface area contributed by atoms with Crippen molar-refractivity contribution in [2.45, 2.75) is 17.7 Å². The van der Waals surface area contributed by atoms with E-state index in [1.54, 1.807) is 0 Å². The standard InChI is InChI=1S/C12H15F3N2O2S/c13-9-3-4-10(12(15)11(9)14)20(18,19)17-7-8-2-1-5-16-6-8/h3-4,8,16-17H,1-2,5-7H2. The third kappa shape index (κ3) is 3.31. The van der Waals surface area contributed by atoms with Gasteiger partial charge in [-0.25, -0.2) is 26.3 Å². The predicted octanol–water partition coefficient (Wildman–Crippen LogP) is 1.38. The van der Waals surface area contributed by atoms with Crippen LogP contribution < -0.4 is 10.0 Å². The summed E-state index contributed by atoms with van der Waals surface area (Å²) in [5.41, 5.74) is 0. The van der Waals surface area contributed by atoms with Gasteiger partial charge in [0.05, 0.1) is 0 Å². The largest absolute Gasteiger partial charge is 0.316 e. The highest BCUT2D eigenvalue weighted by Crippen LogP contribution is 2.20. The molecule has 1 aromatic carbocycles. The number of hydrogen-bond acceptors (Lipinski definition) is 3. The Labute approximate surface area is 115 Å². The Balaban J connectivity index is 2.12. The van der Waals surface area contributed by atoms with E-state index in [0.717, 1.165) is 25.5 Å². The Bertz CT molecular complexity index is 587. The third-order valence-corrected chi connectivity index (χ3v) is 4.69. The molecule has 8 heteroatoms. The molecule has 0 spiro atoms. The van der Waals surface area contributed by atoms with Crippen LogP contribution in [0.2, 0.25) is 0 Å². The average molecular weight is 308 g/mol. The van der Waals surface area contributed by atoms with Gasteiger partial charge < -0.3 is 5.32 Å². The fraction of sp³-hybridized carbons (Fsp3) is 0.500. The maximum atomic E-state index is 13.5. The van der Waals surface area contributed by atoms with E-state index in [2.05, 4.69) is 10.0 Å². The zero-order chi connectivity index (χ0) is 14.8. The van der Waals surface area contributed by atoms with Crippen molar-refractivity contribution in [1.82, 2.24) is 10.0 Å². The summed E-state index contributed by atoms with van der Waals surface area (Å²) in [7, 11) is -4.19. The third-order valence-electron chi connectivity index (χ3n) is 3.25. The lowest BCUT2D eigenvalue weighted by atomic mass is 10.0. The van der Waals surface area contributed by atoms with Gasteiger partial charge in [-0.2, -0.15) is 0 Å². The quantitative estimate of drug-likeness (QED) is 0.826. The molecule has 1 fully saturated rings. The number of piperidine rings is 1. The van der Waals surface area contributed by atoms with E-state index in [1.165, 1.54) is 0 Å². The number of nitrogens with one attached hydrogen (secondary N) is 2. The molecule has 2 rings (SSSR count). The number of sulfonamides is 1. The number of benzene rings is 1. The summed E-state index contributed by atoms with van der Waals surface area (Å²) < 4.78 is 65.4. The fourth-order valence-corrected chi connectivity index (χ4v) is 3.30. The first-order valence-electron chi connectivity index (χ1n) is 6.25. The molecule has 112 valence electrons. The molecule has 4 nitrogen and oxygen atoms in total. The molecule has 1 saturated heterocycles. The van der Waals surface area contributed by atoms with Gasteiger partial charge in [-0.05, 0) is 44.0 Å². The van der Waals surface area contributed by atoms with Crippen LogP contribution in [0.25, 0.3) is 0 Å². The van der Waals surface area contributed by atoms with E-state index in [9.17, 15) is 21.6 Å². The molecular weight excluding hydrogens is 293 g/mol. The minimum absolute atomic E-state index is 0.104. The summed E-state index contributed by atoms with van der Waals surface area (Å²) >= 11 is 0. The number of hydrogen-bond donors (Lipinski definition) is 2. The van der Waals surface area contributed by atoms with Crippen LogP contribution in [0.5, 0.6) is 0 Å². The Morgan fingerprint density at radius 2 is 2.00 bits per heavy atom. The van der Waals surface area contributed by atoms with E-state index in [0.29, 0.717) is 12.6 Å². The molecule has 0 aromatic heterocycles.